The molecule has 2 aromatic rings. The van der Waals surface area contributed by atoms with Gasteiger partial charge in [-0.2, -0.15) is 4.98 Å². The van der Waals surface area contributed by atoms with Gasteiger partial charge in [0, 0.05) is 12.3 Å². The molecular weight excluding hydrogens is 270 g/mol. The summed E-state index contributed by atoms with van der Waals surface area (Å²) in [6.45, 7) is 1.92. The maximum absolute atomic E-state index is 11.1. The monoisotopic (exact) mass is 287 g/mol. The highest BCUT2D eigenvalue weighted by molar-refractivity contribution is 5.76. The summed E-state index contributed by atoms with van der Waals surface area (Å²) in [5.41, 5.74) is 0. The Kier molecular flexibility index (Phi) is 5.09. The van der Waals surface area contributed by atoms with Gasteiger partial charge in [0.1, 0.15) is 11.8 Å². The number of hydrogen-bond donors (Lipinski definition) is 2. The normalized spacial score (nSPS) is 11.7. The number of aromatic nitrogens is 2. The second-order valence-electron chi connectivity index (χ2n) is 4.46. The van der Waals surface area contributed by atoms with Crippen molar-refractivity contribution in [2.24, 2.45) is 0 Å². The first-order valence-corrected chi connectivity index (χ1v) is 6.74. The van der Waals surface area contributed by atoms with E-state index in [1.807, 2.05) is 37.3 Å². The Morgan fingerprint density at radius 2 is 2.10 bits per heavy atom. The highest BCUT2D eigenvalue weighted by Crippen LogP contribution is 2.19. The van der Waals surface area contributed by atoms with Crippen LogP contribution in [-0.2, 0) is 4.79 Å². The first kappa shape index (κ1) is 14.8. The number of ether oxygens (including phenoxy) is 1. The lowest BCUT2D eigenvalue weighted by atomic mass is 10.2. The third-order valence-electron chi connectivity index (χ3n) is 2.77. The minimum Gasteiger partial charge on any atom is -0.480 e. The van der Waals surface area contributed by atoms with Crippen molar-refractivity contribution in [2.75, 3.05) is 5.32 Å². The van der Waals surface area contributed by atoms with Crippen molar-refractivity contribution in [3.8, 4) is 11.6 Å². The molecule has 0 aliphatic heterocycles. The van der Waals surface area contributed by atoms with Crippen LogP contribution in [0.3, 0.4) is 0 Å². The van der Waals surface area contributed by atoms with E-state index >= 15 is 0 Å². The molecule has 110 valence electrons. The lowest BCUT2D eigenvalue weighted by Crippen LogP contribution is -2.29. The van der Waals surface area contributed by atoms with Crippen LogP contribution in [0.25, 0.3) is 0 Å². The lowest BCUT2D eigenvalue weighted by Gasteiger charge is -2.13. The molecule has 0 aliphatic carbocycles. The summed E-state index contributed by atoms with van der Waals surface area (Å²) in [5, 5.41) is 11.9. The summed E-state index contributed by atoms with van der Waals surface area (Å²) in [4.78, 5) is 19.3. The molecule has 0 aliphatic rings. The number of nitrogens with one attached hydrogen (secondary N) is 1. The number of nitrogens with zero attached hydrogens (tertiary/aromatic N) is 2. The van der Waals surface area contributed by atoms with Crippen molar-refractivity contribution in [3.63, 3.8) is 0 Å². The number of carboxylic acid groups (broad SMARTS) is 1. The Morgan fingerprint density at radius 1 is 1.33 bits per heavy atom. The number of rotatable bonds is 7. The quantitative estimate of drug-likeness (QED) is 0.814. The van der Waals surface area contributed by atoms with Crippen LogP contribution in [0.4, 0.5) is 5.95 Å². The molecule has 0 radical (unpaired) electrons. The lowest BCUT2D eigenvalue weighted by molar-refractivity contribution is -0.138. The van der Waals surface area contributed by atoms with Crippen LogP contribution >= 0.6 is 0 Å². The van der Waals surface area contributed by atoms with Crippen LogP contribution in [0, 0.1) is 0 Å². The second kappa shape index (κ2) is 7.23. The van der Waals surface area contributed by atoms with Gasteiger partial charge in [0.25, 0.3) is 0 Å². The van der Waals surface area contributed by atoms with Gasteiger partial charge in [0.2, 0.25) is 11.8 Å². The number of carboxylic acids is 1. The summed E-state index contributed by atoms with van der Waals surface area (Å²) in [5.74, 6) is 0.337. The van der Waals surface area contributed by atoms with Crippen molar-refractivity contribution in [1.29, 1.82) is 0 Å². The Hall–Kier alpha value is -2.63. The van der Waals surface area contributed by atoms with Crippen molar-refractivity contribution in [3.05, 3.63) is 42.6 Å². The predicted octanol–water partition coefficient (Wildman–Crippen LogP) is 2.93. The minimum atomic E-state index is -0.921. The largest absolute Gasteiger partial charge is 0.480 e. The third kappa shape index (κ3) is 4.45. The van der Waals surface area contributed by atoms with Gasteiger partial charge in [-0.05, 0) is 18.6 Å². The third-order valence-corrected chi connectivity index (χ3v) is 2.77. The van der Waals surface area contributed by atoms with Crippen molar-refractivity contribution in [1.82, 2.24) is 9.97 Å². The molecule has 6 heteroatoms. The molecule has 0 saturated carbocycles. The highest BCUT2D eigenvalue weighted by atomic mass is 16.5. The fourth-order valence-corrected chi connectivity index (χ4v) is 1.78. The Labute approximate surface area is 122 Å². The first-order chi connectivity index (χ1) is 10.2. The number of hydrogen-bond acceptors (Lipinski definition) is 5. The van der Waals surface area contributed by atoms with E-state index in [-0.39, 0.29) is 5.95 Å². The molecular formula is C15H17N3O3. The Morgan fingerprint density at radius 3 is 2.76 bits per heavy atom. The van der Waals surface area contributed by atoms with Crippen LogP contribution in [-0.4, -0.2) is 27.1 Å². The number of anilines is 1. The van der Waals surface area contributed by atoms with Crippen molar-refractivity contribution < 1.29 is 14.6 Å². The zero-order valence-corrected chi connectivity index (χ0v) is 11.7. The van der Waals surface area contributed by atoms with Gasteiger partial charge in [0.05, 0.1) is 0 Å². The zero-order valence-electron chi connectivity index (χ0n) is 11.7. The molecule has 1 atom stereocenters. The predicted molar refractivity (Wildman–Crippen MR) is 78.5 cm³/mol. The average molecular weight is 287 g/mol. The average Bonchev–Trinajstić information content (AvgIpc) is 2.48. The topological polar surface area (TPSA) is 84.3 Å². The van der Waals surface area contributed by atoms with Crippen LogP contribution in [0.2, 0.25) is 0 Å². The van der Waals surface area contributed by atoms with Gasteiger partial charge in [-0.25, -0.2) is 9.78 Å². The summed E-state index contributed by atoms with van der Waals surface area (Å²) in [6.07, 6.45) is 2.78. The molecule has 2 rings (SSSR count). The van der Waals surface area contributed by atoms with E-state index in [1.165, 1.54) is 6.20 Å². The smallest absolute Gasteiger partial charge is 0.326 e. The second-order valence-corrected chi connectivity index (χ2v) is 4.46. The van der Waals surface area contributed by atoms with E-state index in [0.29, 0.717) is 18.1 Å². The molecule has 6 nitrogen and oxygen atoms in total. The van der Waals surface area contributed by atoms with Gasteiger partial charge in [0.15, 0.2) is 0 Å². The van der Waals surface area contributed by atoms with E-state index in [2.05, 4.69) is 15.3 Å². The van der Waals surface area contributed by atoms with E-state index in [9.17, 15) is 4.79 Å². The molecule has 0 bridgehead atoms. The maximum Gasteiger partial charge on any atom is 0.326 e. The molecule has 0 saturated heterocycles. The molecule has 1 heterocycles. The van der Waals surface area contributed by atoms with Crippen molar-refractivity contribution in [2.45, 2.75) is 25.8 Å². The molecule has 2 N–H and O–H groups in total. The number of para-hydroxylation sites is 1. The van der Waals surface area contributed by atoms with Crippen LogP contribution in [0.1, 0.15) is 19.8 Å². The van der Waals surface area contributed by atoms with Gasteiger partial charge in [-0.1, -0.05) is 31.5 Å². The van der Waals surface area contributed by atoms with E-state index in [1.54, 1.807) is 6.07 Å². The van der Waals surface area contributed by atoms with Gasteiger partial charge < -0.3 is 15.2 Å². The van der Waals surface area contributed by atoms with Crippen LogP contribution < -0.4 is 10.1 Å². The van der Waals surface area contributed by atoms with Crippen LogP contribution in [0.5, 0.6) is 11.6 Å². The van der Waals surface area contributed by atoms with E-state index in [0.717, 1.165) is 6.42 Å². The maximum atomic E-state index is 11.1. The van der Waals surface area contributed by atoms with Gasteiger partial charge >= 0.3 is 5.97 Å². The summed E-state index contributed by atoms with van der Waals surface area (Å²) in [6, 6.07) is 10.1. The number of carbonyl (C=O) groups is 1. The summed E-state index contributed by atoms with van der Waals surface area (Å²) >= 11 is 0. The van der Waals surface area contributed by atoms with Crippen LogP contribution in [0.15, 0.2) is 42.6 Å². The molecule has 0 amide bonds. The highest BCUT2D eigenvalue weighted by Gasteiger charge is 2.17. The van der Waals surface area contributed by atoms with Crippen molar-refractivity contribution >= 4 is 11.9 Å². The summed E-state index contributed by atoms with van der Waals surface area (Å²) in [7, 11) is 0. The SMILES string of the molecule is CCCC(Nc1nccc(Oc2ccccc2)n1)C(=O)O. The first-order valence-electron chi connectivity index (χ1n) is 6.74. The standard InChI is InChI=1S/C15H17N3O3/c1-2-6-12(14(19)20)17-15-16-10-9-13(18-15)21-11-7-4-3-5-8-11/h3-5,7-10,12H,2,6H2,1H3,(H,19,20)(H,16,17,18). The fourth-order valence-electron chi connectivity index (χ4n) is 1.78. The zero-order chi connectivity index (χ0) is 15.1. The molecule has 1 unspecified atom stereocenters. The number of aliphatic carboxylic acids is 1. The Balaban J connectivity index is 2.08. The molecule has 1 aromatic carbocycles. The van der Waals surface area contributed by atoms with Gasteiger partial charge in [-0.3, -0.25) is 0 Å². The van der Waals surface area contributed by atoms with E-state index in [4.69, 9.17) is 9.84 Å². The molecule has 21 heavy (non-hydrogen) atoms. The number of benzene rings is 1. The minimum absolute atomic E-state index is 0.240. The Bertz CT molecular complexity index is 590. The fraction of sp³-hybridized carbons (Fsp3) is 0.267. The molecule has 0 spiro atoms. The van der Waals surface area contributed by atoms with E-state index < -0.39 is 12.0 Å². The molecule has 0 fully saturated rings. The summed E-state index contributed by atoms with van der Waals surface area (Å²) < 4.78 is 5.58. The van der Waals surface area contributed by atoms with Gasteiger partial charge in [-0.15, -0.1) is 0 Å². The molecule has 1 aromatic heterocycles.